The Morgan fingerprint density at radius 1 is 1.61 bits per heavy atom. The third-order valence-corrected chi connectivity index (χ3v) is 2.42. The molecule has 1 amide bonds. The summed E-state index contributed by atoms with van der Waals surface area (Å²) in [6, 6.07) is 5.51. The molecule has 0 spiro atoms. The zero-order valence-electron chi connectivity index (χ0n) is 10.8. The fraction of sp³-hybridized carbons (Fsp3) is 0.357. The molecule has 1 unspecified atom stereocenters. The predicted molar refractivity (Wildman–Crippen MR) is 70.5 cm³/mol. The Hall–Kier alpha value is -1.81. The van der Waals surface area contributed by atoms with E-state index in [1.54, 1.807) is 19.1 Å². The van der Waals surface area contributed by atoms with Crippen LogP contribution in [0.5, 0.6) is 5.75 Å². The SMILES string of the molecule is C=CCNC(=O)COc1cc(C)ccc1C(C)O. The second-order valence-electron chi connectivity index (χ2n) is 4.10. The first-order chi connectivity index (χ1) is 8.54. The highest BCUT2D eigenvalue weighted by Crippen LogP contribution is 2.26. The van der Waals surface area contributed by atoms with Crippen molar-refractivity contribution in [3.8, 4) is 5.75 Å². The molecule has 0 saturated carbocycles. The second kappa shape index (κ2) is 6.81. The first-order valence-electron chi connectivity index (χ1n) is 5.83. The lowest BCUT2D eigenvalue weighted by atomic mass is 10.1. The first-order valence-corrected chi connectivity index (χ1v) is 5.83. The van der Waals surface area contributed by atoms with Gasteiger partial charge in [-0.3, -0.25) is 4.79 Å². The topological polar surface area (TPSA) is 58.6 Å². The van der Waals surface area contributed by atoms with Gasteiger partial charge in [-0.2, -0.15) is 0 Å². The van der Waals surface area contributed by atoms with Gasteiger partial charge < -0.3 is 15.2 Å². The normalized spacial score (nSPS) is 11.7. The molecule has 0 aliphatic carbocycles. The number of carbonyl (C=O) groups is 1. The molecule has 0 aromatic heterocycles. The molecule has 4 nitrogen and oxygen atoms in total. The molecule has 1 atom stereocenters. The van der Waals surface area contributed by atoms with Gasteiger partial charge in [0.25, 0.3) is 5.91 Å². The van der Waals surface area contributed by atoms with Crippen LogP contribution in [0, 0.1) is 6.92 Å². The summed E-state index contributed by atoms with van der Waals surface area (Å²) in [7, 11) is 0. The largest absolute Gasteiger partial charge is 0.483 e. The van der Waals surface area contributed by atoms with Crippen LogP contribution >= 0.6 is 0 Å². The van der Waals surface area contributed by atoms with Gasteiger partial charge in [-0.25, -0.2) is 0 Å². The Bertz CT molecular complexity index is 427. The predicted octanol–water partition coefficient (Wildman–Crippen LogP) is 1.73. The quantitative estimate of drug-likeness (QED) is 0.755. The summed E-state index contributed by atoms with van der Waals surface area (Å²) in [5, 5.41) is 12.2. The van der Waals surface area contributed by atoms with Crippen LogP contribution in [0.1, 0.15) is 24.2 Å². The molecule has 98 valence electrons. The van der Waals surface area contributed by atoms with E-state index in [4.69, 9.17) is 4.74 Å². The Balaban J connectivity index is 2.68. The second-order valence-corrected chi connectivity index (χ2v) is 4.10. The van der Waals surface area contributed by atoms with Gasteiger partial charge in [0.1, 0.15) is 5.75 Å². The van der Waals surface area contributed by atoms with Crippen LogP contribution in [0.25, 0.3) is 0 Å². The van der Waals surface area contributed by atoms with E-state index in [0.29, 0.717) is 17.9 Å². The van der Waals surface area contributed by atoms with Crippen LogP contribution in [0.4, 0.5) is 0 Å². The molecule has 2 N–H and O–H groups in total. The van der Waals surface area contributed by atoms with Crippen molar-refractivity contribution in [1.29, 1.82) is 0 Å². The molecule has 1 aromatic rings. The molecule has 0 saturated heterocycles. The van der Waals surface area contributed by atoms with Crippen LogP contribution in [0.2, 0.25) is 0 Å². The van der Waals surface area contributed by atoms with Gasteiger partial charge >= 0.3 is 0 Å². The van der Waals surface area contributed by atoms with Crippen LogP contribution in [-0.2, 0) is 4.79 Å². The number of aliphatic hydroxyl groups is 1. The Morgan fingerprint density at radius 3 is 2.94 bits per heavy atom. The summed E-state index contributed by atoms with van der Waals surface area (Å²) in [5.41, 5.74) is 1.69. The monoisotopic (exact) mass is 249 g/mol. The highest BCUT2D eigenvalue weighted by atomic mass is 16.5. The number of hydrogen-bond acceptors (Lipinski definition) is 3. The minimum absolute atomic E-state index is 0.0724. The maximum atomic E-state index is 11.4. The van der Waals surface area contributed by atoms with Crippen LogP contribution in [0.15, 0.2) is 30.9 Å². The molecule has 1 aromatic carbocycles. The summed E-state index contributed by atoms with van der Waals surface area (Å²) in [4.78, 5) is 11.4. The maximum absolute atomic E-state index is 11.4. The van der Waals surface area contributed by atoms with Gasteiger partial charge in [0.15, 0.2) is 6.61 Å². The minimum Gasteiger partial charge on any atom is -0.483 e. The maximum Gasteiger partial charge on any atom is 0.258 e. The first kappa shape index (κ1) is 14.3. The molecule has 4 heteroatoms. The van der Waals surface area contributed by atoms with Gasteiger partial charge in [-0.15, -0.1) is 6.58 Å². The smallest absolute Gasteiger partial charge is 0.258 e. The van der Waals surface area contributed by atoms with E-state index in [9.17, 15) is 9.90 Å². The zero-order valence-corrected chi connectivity index (χ0v) is 10.8. The number of amides is 1. The Labute approximate surface area is 107 Å². The number of hydrogen-bond donors (Lipinski definition) is 2. The minimum atomic E-state index is -0.628. The Kier molecular flexibility index (Phi) is 5.39. The summed E-state index contributed by atoms with van der Waals surface area (Å²) >= 11 is 0. The Morgan fingerprint density at radius 2 is 2.33 bits per heavy atom. The average Bonchev–Trinajstić information content (AvgIpc) is 2.33. The van der Waals surface area contributed by atoms with E-state index in [-0.39, 0.29) is 12.5 Å². The molecule has 0 radical (unpaired) electrons. The number of carbonyl (C=O) groups excluding carboxylic acids is 1. The fourth-order valence-electron chi connectivity index (χ4n) is 1.49. The molecule has 18 heavy (non-hydrogen) atoms. The number of benzene rings is 1. The van der Waals surface area contributed by atoms with Crippen LogP contribution < -0.4 is 10.1 Å². The van der Waals surface area contributed by atoms with Gasteiger partial charge in [0.2, 0.25) is 0 Å². The van der Waals surface area contributed by atoms with Crippen molar-refractivity contribution in [2.24, 2.45) is 0 Å². The van der Waals surface area contributed by atoms with E-state index < -0.39 is 6.10 Å². The van der Waals surface area contributed by atoms with Crippen molar-refractivity contribution in [2.75, 3.05) is 13.2 Å². The van der Waals surface area contributed by atoms with Crippen LogP contribution in [-0.4, -0.2) is 24.2 Å². The van der Waals surface area contributed by atoms with Gasteiger partial charge in [0.05, 0.1) is 6.10 Å². The molecule has 0 aliphatic rings. The van der Waals surface area contributed by atoms with E-state index in [0.717, 1.165) is 5.56 Å². The van der Waals surface area contributed by atoms with Crippen molar-refractivity contribution in [3.63, 3.8) is 0 Å². The molecule has 0 bridgehead atoms. The third kappa shape index (κ3) is 4.22. The van der Waals surface area contributed by atoms with Crippen molar-refractivity contribution < 1.29 is 14.6 Å². The van der Waals surface area contributed by atoms with E-state index in [1.165, 1.54) is 0 Å². The van der Waals surface area contributed by atoms with Crippen molar-refractivity contribution in [3.05, 3.63) is 42.0 Å². The standard InChI is InChI=1S/C14H19NO3/c1-4-7-15-14(17)9-18-13-8-10(2)5-6-12(13)11(3)16/h4-6,8,11,16H,1,7,9H2,2-3H3,(H,15,17). The third-order valence-electron chi connectivity index (χ3n) is 2.42. The van der Waals surface area contributed by atoms with Gasteiger partial charge in [0, 0.05) is 12.1 Å². The highest BCUT2D eigenvalue weighted by Gasteiger charge is 2.10. The van der Waals surface area contributed by atoms with E-state index in [2.05, 4.69) is 11.9 Å². The highest BCUT2D eigenvalue weighted by molar-refractivity contribution is 5.77. The van der Waals surface area contributed by atoms with E-state index >= 15 is 0 Å². The summed E-state index contributed by atoms with van der Waals surface area (Å²) in [6.45, 7) is 7.44. The lowest BCUT2D eigenvalue weighted by Crippen LogP contribution is -2.29. The molecule has 0 aliphatic heterocycles. The molecular weight excluding hydrogens is 230 g/mol. The number of aliphatic hydroxyl groups excluding tert-OH is 1. The lowest BCUT2D eigenvalue weighted by Gasteiger charge is -2.14. The molecule has 1 rings (SSSR count). The van der Waals surface area contributed by atoms with Crippen molar-refractivity contribution in [1.82, 2.24) is 5.32 Å². The number of rotatable bonds is 6. The number of aryl methyl sites for hydroxylation is 1. The number of nitrogens with one attached hydrogen (secondary N) is 1. The molecular formula is C14H19NO3. The summed E-state index contributed by atoms with van der Waals surface area (Å²) < 4.78 is 5.43. The fourth-order valence-corrected chi connectivity index (χ4v) is 1.49. The van der Waals surface area contributed by atoms with E-state index in [1.807, 2.05) is 19.1 Å². The van der Waals surface area contributed by atoms with Gasteiger partial charge in [-0.05, 0) is 25.5 Å². The van der Waals surface area contributed by atoms with Crippen molar-refractivity contribution >= 4 is 5.91 Å². The molecule has 0 fully saturated rings. The summed E-state index contributed by atoms with van der Waals surface area (Å²) in [6.07, 6.45) is 0.975. The van der Waals surface area contributed by atoms with Crippen molar-refractivity contribution in [2.45, 2.75) is 20.0 Å². The van der Waals surface area contributed by atoms with Gasteiger partial charge in [-0.1, -0.05) is 18.2 Å². The summed E-state index contributed by atoms with van der Waals surface area (Å²) in [5.74, 6) is 0.326. The van der Waals surface area contributed by atoms with Crippen LogP contribution in [0.3, 0.4) is 0 Å². The average molecular weight is 249 g/mol. The molecule has 0 heterocycles. The lowest BCUT2D eigenvalue weighted by molar-refractivity contribution is -0.122. The zero-order chi connectivity index (χ0) is 13.5. The number of ether oxygens (including phenoxy) is 1.